The molecule has 0 aliphatic carbocycles. The highest BCUT2D eigenvalue weighted by molar-refractivity contribution is 7.98. The van der Waals surface area contributed by atoms with Crippen molar-refractivity contribution >= 4 is 34.4 Å². The van der Waals surface area contributed by atoms with Gasteiger partial charge in [-0.1, -0.05) is 29.1 Å². The largest absolute Gasteiger partial charge is 0.338 e. The summed E-state index contributed by atoms with van der Waals surface area (Å²) in [6, 6.07) is 8.01. The van der Waals surface area contributed by atoms with Gasteiger partial charge in [0.25, 0.3) is 0 Å². The van der Waals surface area contributed by atoms with E-state index in [-0.39, 0.29) is 0 Å². The summed E-state index contributed by atoms with van der Waals surface area (Å²) >= 11 is 4.74. The maximum atomic E-state index is 5.28. The summed E-state index contributed by atoms with van der Waals surface area (Å²) in [5.74, 6) is 1.71. The summed E-state index contributed by atoms with van der Waals surface area (Å²) in [5, 5.41) is 20.6. The fourth-order valence-corrected chi connectivity index (χ4v) is 3.94. The fourth-order valence-electron chi connectivity index (χ4n) is 1.89. The smallest absolute Gasteiger partial charge is 0.237 e. The third-order valence-corrected chi connectivity index (χ3v) is 5.59. The predicted molar refractivity (Wildman–Crippen MR) is 88.4 cm³/mol. The fraction of sp³-hybridized carbons (Fsp3) is 0.154. The Morgan fingerprint density at radius 2 is 2.09 bits per heavy atom. The van der Waals surface area contributed by atoms with Crippen LogP contribution in [0.4, 0.5) is 0 Å². The van der Waals surface area contributed by atoms with Crippen LogP contribution in [0.1, 0.15) is 10.8 Å². The van der Waals surface area contributed by atoms with Gasteiger partial charge >= 0.3 is 0 Å². The highest BCUT2D eigenvalue weighted by atomic mass is 32.2. The highest BCUT2D eigenvalue weighted by Crippen LogP contribution is 2.24. The van der Waals surface area contributed by atoms with E-state index < -0.39 is 0 Å². The third kappa shape index (κ3) is 3.33. The van der Waals surface area contributed by atoms with Crippen LogP contribution >= 0.6 is 34.4 Å². The van der Waals surface area contributed by atoms with Crippen molar-refractivity contribution in [3.8, 4) is 10.7 Å². The number of thiophene rings is 2. The highest BCUT2D eigenvalue weighted by Gasteiger charge is 2.13. The molecule has 0 radical (unpaired) electrons. The molecule has 0 fully saturated rings. The molecule has 23 heavy (non-hydrogen) atoms. The molecule has 0 bridgehead atoms. The second-order valence-electron chi connectivity index (χ2n) is 4.48. The first kappa shape index (κ1) is 14.5. The van der Waals surface area contributed by atoms with Crippen molar-refractivity contribution in [3.63, 3.8) is 0 Å². The Morgan fingerprint density at radius 3 is 2.91 bits per heavy atom. The summed E-state index contributed by atoms with van der Waals surface area (Å²) in [4.78, 5) is 6.59. The number of thioether (sulfide) groups is 1. The molecule has 0 unspecified atom stereocenters. The predicted octanol–water partition coefficient (Wildman–Crippen LogP) is 3.19. The van der Waals surface area contributed by atoms with E-state index in [2.05, 4.69) is 31.7 Å². The number of nitrogens with zero attached hydrogens (tertiary/aromatic N) is 6. The minimum absolute atomic E-state index is 0.531. The molecule has 4 rings (SSSR count). The molecule has 4 aromatic heterocycles. The summed E-state index contributed by atoms with van der Waals surface area (Å²) in [6.07, 6.45) is 0. The van der Waals surface area contributed by atoms with Gasteiger partial charge in [0.15, 0.2) is 0 Å². The standard InChI is InChI=1S/C13H10N6OS3/c1-3-9(21-5-1)7-19-13(15-17-18-19)23-8-11-14-12(16-20-11)10-4-2-6-22-10/h1-6H,7-8H2. The van der Waals surface area contributed by atoms with E-state index >= 15 is 0 Å². The van der Waals surface area contributed by atoms with Crippen LogP contribution in [0.3, 0.4) is 0 Å². The maximum absolute atomic E-state index is 5.28. The molecule has 7 nitrogen and oxygen atoms in total. The van der Waals surface area contributed by atoms with Crippen molar-refractivity contribution in [2.24, 2.45) is 0 Å². The lowest BCUT2D eigenvalue weighted by Gasteiger charge is -2.00. The molecule has 0 amide bonds. The van der Waals surface area contributed by atoms with Crippen LogP contribution in [0.15, 0.2) is 44.7 Å². The average molecular weight is 362 g/mol. The summed E-state index contributed by atoms with van der Waals surface area (Å²) in [7, 11) is 0. The van der Waals surface area contributed by atoms with Crippen LogP contribution in [0.25, 0.3) is 10.7 Å². The first-order chi connectivity index (χ1) is 11.4. The van der Waals surface area contributed by atoms with Gasteiger partial charge in [-0.05, 0) is 33.3 Å². The van der Waals surface area contributed by atoms with Crippen LogP contribution in [0, 0.1) is 0 Å². The number of aromatic nitrogens is 6. The van der Waals surface area contributed by atoms with Crippen molar-refractivity contribution in [3.05, 3.63) is 45.8 Å². The van der Waals surface area contributed by atoms with Crippen LogP contribution < -0.4 is 0 Å². The Balaban J connectivity index is 1.43. The number of tetrazole rings is 1. The molecule has 116 valence electrons. The van der Waals surface area contributed by atoms with Crippen LogP contribution in [0.2, 0.25) is 0 Å². The lowest BCUT2D eigenvalue weighted by atomic mass is 10.4. The first-order valence-corrected chi connectivity index (χ1v) is 9.41. The second kappa shape index (κ2) is 6.60. The Morgan fingerprint density at radius 1 is 1.17 bits per heavy atom. The van der Waals surface area contributed by atoms with E-state index in [1.807, 2.05) is 29.0 Å². The Hall–Kier alpha value is -2.04. The molecule has 0 aliphatic heterocycles. The van der Waals surface area contributed by atoms with Crippen molar-refractivity contribution in [1.29, 1.82) is 0 Å². The third-order valence-electron chi connectivity index (χ3n) is 2.92. The minimum Gasteiger partial charge on any atom is -0.338 e. The van der Waals surface area contributed by atoms with Gasteiger partial charge in [-0.25, -0.2) is 4.68 Å². The van der Waals surface area contributed by atoms with Crippen LogP contribution in [0.5, 0.6) is 0 Å². The second-order valence-corrected chi connectivity index (χ2v) is 7.40. The summed E-state index contributed by atoms with van der Waals surface area (Å²) in [6.45, 7) is 0.664. The molecule has 0 saturated carbocycles. The molecule has 0 spiro atoms. The average Bonchev–Trinajstić information content (AvgIpc) is 3.34. The van der Waals surface area contributed by atoms with Gasteiger partial charge in [-0.15, -0.1) is 27.8 Å². The molecule has 0 N–H and O–H groups in total. The Bertz CT molecular complexity index is 867. The molecule has 0 atom stereocenters. The quantitative estimate of drug-likeness (QED) is 0.487. The van der Waals surface area contributed by atoms with Gasteiger partial charge in [0.1, 0.15) is 0 Å². The molecular weight excluding hydrogens is 352 g/mol. The van der Waals surface area contributed by atoms with Crippen molar-refractivity contribution in [2.45, 2.75) is 17.5 Å². The molecule has 0 aliphatic rings. The van der Waals surface area contributed by atoms with Gasteiger partial charge in [0.2, 0.25) is 16.9 Å². The van der Waals surface area contributed by atoms with E-state index in [1.54, 1.807) is 27.4 Å². The maximum Gasteiger partial charge on any atom is 0.237 e. The molecule has 10 heteroatoms. The Kier molecular flexibility index (Phi) is 4.18. The van der Waals surface area contributed by atoms with E-state index in [4.69, 9.17) is 4.52 Å². The SMILES string of the molecule is c1csc(Cn2nnnc2SCc2nc(-c3cccs3)no2)c1. The van der Waals surface area contributed by atoms with Crippen LogP contribution in [-0.4, -0.2) is 30.3 Å². The van der Waals surface area contributed by atoms with Gasteiger partial charge in [0, 0.05) is 4.88 Å². The lowest BCUT2D eigenvalue weighted by Crippen LogP contribution is -2.02. The van der Waals surface area contributed by atoms with Gasteiger partial charge < -0.3 is 4.52 Å². The summed E-state index contributed by atoms with van der Waals surface area (Å²) in [5.41, 5.74) is 0. The van der Waals surface area contributed by atoms with E-state index in [1.165, 1.54) is 16.6 Å². The van der Waals surface area contributed by atoms with E-state index in [0.717, 1.165) is 10.0 Å². The van der Waals surface area contributed by atoms with E-state index in [0.29, 0.717) is 24.0 Å². The van der Waals surface area contributed by atoms with Crippen molar-refractivity contribution < 1.29 is 4.52 Å². The normalized spacial score (nSPS) is 11.1. The number of rotatable bonds is 6. The molecular formula is C13H10N6OS3. The van der Waals surface area contributed by atoms with Gasteiger partial charge in [-0.2, -0.15) is 4.98 Å². The first-order valence-electron chi connectivity index (χ1n) is 6.66. The number of hydrogen-bond acceptors (Lipinski definition) is 9. The minimum atomic E-state index is 0.531. The Labute approximate surface area is 143 Å². The number of hydrogen-bond donors (Lipinski definition) is 0. The molecule has 0 saturated heterocycles. The van der Waals surface area contributed by atoms with Crippen molar-refractivity contribution in [2.75, 3.05) is 0 Å². The molecule has 4 aromatic rings. The zero-order valence-corrected chi connectivity index (χ0v) is 14.1. The van der Waals surface area contributed by atoms with Crippen LogP contribution in [-0.2, 0) is 12.3 Å². The lowest BCUT2D eigenvalue weighted by molar-refractivity contribution is 0.391. The van der Waals surface area contributed by atoms with Crippen molar-refractivity contribution in [1.82, 2.24) is 30.3 Å². The summed E-state index contributed by atoms with van der Waals surface area (Å²) < 4.78 is 7.05. The van der Waals surface area contributed by atoms with Gasteiger partial charge in [0.05, 0.1) is 17.2 Å². The molecule has 0 aromatic carbocycles. The van der Waals surface area contributed by atoms with E-state index in [9.17, 15) is 0 Å². The topological polar surface area (TPSA) is 82.5 Å². The van der Waals surface area contributed by atoms with Gasteiger partial charge in [-0.3, -0.25) is 0 Å². The zero-order valence-electron chi connectivity index (χ0n) is 11.7. The zero-order chi connectivity index (χ0) is 15.5. The molecule has 4 heterocycles. The monoisotopic (exact) mass is 362 g/mol.